The highest BCUT2D eigenvalue weighted by atomic mass is 19.1. The maximum absolute atomic E-state index is 12.0. The lowest BCUT2D eigenvalue weighted by molar-refractivity contribution is 0.0429. The Morgan fingerprint density at radius 1 is 1.50 bits per heavy atom. The molecule has 1 atom stereocenters. The summed E-state index contributed by atoms with van der Waals surface area (Å²) in [5.74, 6) is 0. The smallest absolute Gasteiger partial charge is 0.200 e. The van der Waals surface area contributed by atoms with E-state index in [1.165, 1.54) is 6.20 Å². The molecule has 0 bridgehead atoms. The largest absolute Gasteiger partial charge is 0.390 e. The van der Waals surface area contributed by atoms with Crippen molar-refractivity contribution in [3.05, 3.63) is 29.6 Å². The van der Waals surface area contributed by atoms with Gasteiger partial charge in [0.25, 0.3) is 0 Å². The highest BCUT2D eigenvalue weighted by Gasteiger charge is 2.02. The number of rotatable bonds is 3. The average Bonchev–Trinajstić information content (AvgIpc) is 2.05. The van der Waals surface area contributed by atoms with Gasteiger partial charge in [-0.3, -0.25) is 4.98 Å². The summed E-state index contributed by atoms with van der Waals surface area (Å²) in [6, 6.07) is 3.22. The van der Waals surface area contributed by atoms with Crippen molar-refractivity contribution in [2.45, 2.75) is 19.4 Å². The molecule has 1 aromatic rings. The van der Waals surface area contributed by atoms with Crippen LogP contribution in [-0.4, -0.2) is 21.6 Å². The molecule has 0 saturated heterocycles. The maximum atomic E-state index is 12.0. The van der Waals surface area contributed by atoms with Crippen LogP contribution in [0.15, 0.2) is 18.3 Å². The Kier molecular flexibility index (Phi) is 3.13. The van der Waals surface area contributed by atoms with E-state index in [4.69, 9.17) is 10.2 Å². The number of aliphatic hydroxyl groups is 2. The van der Waals surface area contributed by atoms with Crippen molar-refractivity contribution >= 4 is 0 Å². The Bertz CT molecular complexity index is 235. The first-order valence-electron chi connectivity index (χ1n) is 3.59. The number of alkyl halides is 1. The third-order valence-electron chi connectivity index (χ3n) is 1.45. The standard InChI is InChI=1S/C8H10FNO2/c9-8(12)3-6-1-2-7(5-11)10-4-6/h1-2,4,8,11-12H,3,5H2. The molecule has 12 heavy (non-hydrogen) atoms. The lowest BCUT2D eigenvalue weighted by atomic mass is 10.2. The summed E-state index contributed by atoms with van der Waals surface area (Å²) in [5, 5.41) is 17.0. The Morgan fingerprint density at radius 2 is 2.25 bits per heavy atom. The van der Waals surface area contributed by atoms with E-state index >= 15 is 0 Å². The van der Waals surface area contributed by atoms with Crippen molar-refractivity contribution in [3.8, 4) is 0 Å². The zero-order chi connectivity index (χ0) is 8.97. The second kappa shape index (κ2) is 4.13. The van der Waals surface area contributed by atoms with Gasteiger partial charge in [-0.1, -0.05) is 6.07 Å². The van der Waals surface area contributed by atoms with E-state index in [1.54, 1.807) is 12.1 Å². The fourth-order valence-electron chi connectivity index (χ4n) is 0.864. The first-order valence-corrected chi connectivity index (χ1v) is 3.59. The van der Waals surface area contributed by atoms with Gasteiger partial charge in [0.1, 0.15) is 0 Å². The number of pyridine rings is 1. The van der Waals surface area contributed by atoms with E-state index in [-0.39, 0.29) is 13.0 Å². The Hall–Kier alpha value is -1.00. The first kappa shape index (κ1) is 9.09. The Morgan fingerprint density at radius 3 is 2.67 bits per heavy atom. The zero-order valence-corrected chi connectivity index (χ0v) is 6.44. The van der Waals surface area contributed by atoms with Gasteiger partial charge in [-0.2, -0.15) is 0 Å². The summed E-state index contributed by atoms with van der Waals surface area (Å²) in [5.41, 5.74) is 1.15. The number of nitrogens with zero attached hydrogens (tertiary/aromatic N) is 1. The molecule has 1 heterocycles. The van der Waals surface area contributed by atoms with Gasteiger partial charge in [0.05, 0.1) is 12.3 Å². The van der Waals surface area contributed by atoms with Crippen LogP contribution in [0, 0.1) is 0 Å². The maximum Gasteiger partial charge on any atom is 0.200 e. The van der Waals surface area contributed by atoms with Crippen LogP contribution in [0.25, 0.3) is 0 Å². The van der Waals surface area contributed by atoms with Gasteiger partial charge in [-0.25, -0.2) is 4.39 Å². The molecule has 66 valence electrons. The second-order valence-corrected chi connectivity index (χ2v) is 2.45. The minimum Gasteiger partial charge on any atom is -0.390 e. The molecule has 0 aliphatic rings. The molecule has 1 aromatic heterocycles. The molecule has 2 N–H and O–H groups in total. The van der Waals surface area contributed by atoms with Crippen molar-refractivity contribution in [2.75, 3.05) is 0 Å². The third kappa shape index (κ3) is 2.56. The van der Waals surface area contributed by atoms with Crippen LogP contribution in [-0.2, 0) is 13.0 Å². The molecule has 0 saturated carbocycles. The first-order chi connectivity index (χ1) is 5.72. The summed E-state index contributed by atoms with van der Waals surface area (Å²) >= 11 is 0. The predicted octanol–water partition coefficient (Wildman–Crippen LogP) is 0.404. The number of hydrogen-bond acceptors (Lipinski definition) is 3. The normalized spacial score (nSPS) is 12.9. The van der Waals surface area contributed by atoms with Crippen LogP contribution in [0.5, 0.6) is 0 Å². The fraction of sp³-hybridized carbons (Fsp3) is 0.375. The van der Waals surface area contributed by atoms with E-state index < -0.39 is 6.36 Å². The molecule has 0 amide bonds. The summed E-state index contributed by atoms with van der Waals surface area (Å²) in [7, 11) is 0. The zero-order valence-electron chi connectivity index (χ0n) is 6.44. The summed E-state index contributed by atoms with van der Waals surface area (Å²) in [4.78, 5) is 3.82. The Labute approximate surface area is 69.5 Å². The Balaban J connectivity index is 2.65. The van der Waals surface area contributed by atoms with E-state index in [9.17, 15) is 4.39 Å². The molecule has 3 nitrogen and oxygen atoms in total. The average molecular weight is 171 g/mol. The third-order valence-corrected chi connectivity index (χ3v) is 1.45. The van der Waals surface area contributed by atoms with Crippen molar-refractivity contribution in [3.63, 3.8) is 0 Å². The van der Waals surface area contributed by atoms with Gasteiger partial charge in [0.15, 0.2) is 6.36 Å². The SMILES string of the molecule is OCc1ccc(CC(O)F)cn1. The topological polar surface area (TPSA) is 53.4 Å². The van der Waals surface area contributed by atoms with Gasteiger partial charge in [-0.15, -0.1) is 0 Å². The van der Waals surface area contributed by atoms with Crippen molar-refractivity contribution in [1.82, 2.24) is 4.98 Å². The molecule has 0 aliphatic heterocycles. The highest BCUT2D eigenvalue weighted by molar-refractivity contribution is 5.13. The van der Waals surface area contributed by atoms with Crippen LogP contribution < -0.4 is 0 Å². The van der Waals surface area contributed by atoms with E-state index in [1.807, 2.05) is 0 Å². The van der Waals surface area contributed by atoms with Gasteiger partial charge < -0.3 is 10.2 Å². The van der Waals surface area contributed by atoms with Gasteiger partial charge in [0, 0.05) is 12.6 Å². The molecule has 1 unspecified atom stereocenters. The highest BCUT2D eigenvalue weighted by Crippen LogP contribution is 2.04. The lowest BCUT2D eigenvalue weighted by Gasteiger charge is -2.01. The second-order valence-electron chi connectivity index (χ2n) is 2.45. The molecule has 0 aromatic carbocycles. The van der Waals surface area contributed by atoms with Gasteiger partial charge >= 0.3 is 0 Å². The van der Waals surface area contributed by atoms with Gasteiger partial charge in [0.2, 0.25) is 0 Å². The van der Waals surface area contributed by atoms with Crippen LogP contribution in [0.2, 0.25) is 0 Å². The molecule has 1 rings (SSSR count). The summed E-state index contributed by atoms with van der Waals surface area (Å²) < 4.78 is 12.0. The van der Waals surface area contributed by atoms with E-state index in [0.29, 0.717) is 11.3 Å². The monoisotopic (exact) mass is 171 g/mol. The minimum atomic E-state index is -1.84. The number of aliphatic hydroxyl groups excluding tert-OH is 2. The quantitative estimate of drug-likeness (QED) is 0.692. The van der Waals surface area contributed by atoms with E-state index in [2.05, 4.69) is 4.98 Å². The van der Waals surface area contributed by atoms with Crippen LogP contribution >= 0.6 is 0 Å². The van der Waals surface area contributed by atoms with Crippen molar-refractivity contribution < 1.29 is 14.6 Å². The predicted molar refractivity (Wildman–Crippen MR) is 41.0 cm³/mol. The molecule has 0 radical (unpaired) electrons. The molecule has 0 aliphatic carbocycles. The summed E-state index contributed by atoms with van der Waals surface area (Å²) in [6.07, 6.45) is -0.459. The molecule has 0 fully saturated rings. The minimum absolute atomic E-state index is 0.0568. The molecular weight excluding hydrogens is 161 g/mol. The number of hydrogen-bond donors (Lipinski definition) is 2. The molecular formula is C8H10FNO2. The van der Waals surface area contributed by atoms with Crippen molar-refractivity contribution in [1.29, 1.82) is 0 Å². The van der Waals surface area contributed by atoms with Crippen LogP contribution in [0.1, 0.15) is 11.3 Å². The summed E-state index contributed by atoms with van der Waals surface area (Å²) in [6.45, 7) is -0.127. The number of aromatic nitrogens is 1. The molecule has 4 heteroatoms. The van der Waals surface area contributed by atoms with Gasteiger partial charge in [-0.05, 0) is 11.6 Å². The van der Waals surface area contributed by atoms with E-state index in [0.717, 1.165) is 0 Å². The van der Waals surface area contributed by atoms with Crippen LogP contribution in [0.4, 0.5) is 4.39 Å². The fourth-order valence-corrected chi connectivity index (χ4v) is 0.864. The lowest BCUT2D eigenvalue weighted by Crippen LogP contribution is -2.03. The molecule has 0 spiro atoms. The number of halogens is 1. The van der Waals surface area contributed by atoms with Crippen LogP contribution in [0.3, 0.4) is 0 Å². The van der Waals surface area contributed by atoms with Crippen molar-refractivity contribution in [2.24, 2.45) is 0 Å².